The number of aliphatic hydroxyl groups is 1. The van der Waals surface area contributed by atoms with Crippen LogP contribution in [0.25, 0.3) is 0 Å². The van der Waals surface area contributed by atoms with Crippen molar-refractivity contribution in [3.05, 3.63) is 62.5 Å². The van der Waals surface area contributed by atoms with Gasteiger partial charge in [0.15, 0.2) is 10.8 Å². The van der Waals surface area contributed by atoms with E-state index in [1.165, 1.54) is 29.5 Å². The lowest BCUT2D eigenvalue weighted by Gasteiger charge is -2.37. The minimum absolute atomic E-state index is 0.0807. The first-order chi connectivity index (χ1) is 16.0. The molecule has 0 spiro atoms. The summed E-state index contributed by atoms with van der Waals surface area (Å²) in [5.41, 5.74) is 1.34. The van der Waals surface area contributed by atoms with Gasteiger partial charge in [0.2, 0.25) is 0 Å². The number of aliphatic hydroxyl groups excluding tert-OH is 1. The van der Waals surface area contributed by atoms with Crippen LogP contribution in [0.15, 0.2) is 46.0 Å². The maximum absolute atomic E-state index is 13.8. The predicted octanol–water partition coefficient (Wildman–Crippen LogP) is 2.54. The largest absolute Gasteiger partial charge is 0.463 e. The molecule has 0 aliphatic carbocycles. The van der Waals surface area contributed by atoms with E-state index in [2.05, 4.69) is 10.3 Å². The molecule has 0 amide bonds. The van der Waals surface area contributed by atoms with Crippen LogP contribution < -0.4 is 5.32 Å². The molecule has 1 fully saturated rings. The molecule has 8 nitrogen and oxygen atoms in total. The van der Waals surface area contributed by atoms with Gasteiger partial charge in [0.05, 0.1) is 38.0 Å². The Hall–Kier alpha value is -2.37. The highest BCUT2D eigenvalue weighted by Crippen LogP contribution is 2.37. The van der Waals surface area contributed by atoms with E-state index in [0.29, 0.717) is 48.4 Å². The highest BCUT2D eigenvalue weighted by atomic mass is 35.5. The number of carbonyl (C=O) groups is 1. The highest BCUT2D eigenvalue weighted by Gasteiger charge is 2.35. The number of esters is 1. The van der Waals surface area contributed by atoms with Gasteiger partial charge in [-0.25, -0.2) is 14.2 Å². The lowest BCUT2D eigenvalue weighted by molar-refractivity contribution is -0.139. The van der Waals surface area contributed by atoms with Gasteiger partial charge in [0.1, 0.15) is 11.9 Å². The smallest absolute Gasteiger partial charge is 0.338 e. The van der Waals surface area contributed by atoms with Crippen molar-refractivity contribution in [3.63, 3.8) is 0 Å². The average molecular weight is 495 g/mol. The number of ether oxygens (including phenoxy) is 2. The van der Waals surface area contributed by atoms with Crippen LogP contribution >= 0.6 is 22.9 Å². The zero-order valence-corrected chi connectivity index (χ0v) is 19.5. The fraction of sp³-hybridized carbons (Fsp3) is 0.409. The first-order valence-corrected chi connectivity index (χ1v) is 11.8. The van der Waals surface area contributed by atoms with E-state index >= 15 is 0 Å². The molecule has 0 bridgehead atoms. The molecular formula is C22H24ClFN4O4S. The Kier molecular flexibility index (Phi) is 7.71. The molecule has 0 saturated carbocycles. The number of aromatic nitrogens is 1. The molecule has 33 heavy (non-hydrogen) atoms. The molecule has 2 aliphatic rings. The van der Waals surface area contributed by atoms with E-state index in [1.54, 1.807) is 13.1 Å². The SMILES string of the molecule is CCOC(=O)C1=C(CN2CCOCC2CO)NC(c2nccs2)=NC1c1ccc(F)cc1Cl. The number of morpholine rings is 1. The molecule has 11 heteroatoms. The van der Waals surface area contributed by atoms with E-state index in [9.17, 15) is 14.3 Å². The number of nitrogens with zero attached hydrogens (tertiary/aromatic N) is 3. The molecule has 1 aromatic carbocycles. The molecule has 2 aromatic rings. The van der Waals surface area contributed by atoms with Crippen molar-refractivity contribution < 1.29 is 23.8 Å². The Bertz CT molecular complexity index is 1060. The summed E-state index contributed by atoms with van der Waals surface area (Å²) in [6.07, 6.45) is 1.66. The molecular weight excluding hydrogens is 471 g/mol. The van der Waals surface area contributed by atoms with E-state index in [4.69, 9.17) is 26.1 Å². The van der Waals surface area contributed by atoms with Crippen molar-refractivity contribution in [1.29, 1.82) is 0 Å². The van der Waals surface area contributed by atoms with Crippen LogP contribution in [-0.4, -0.2) is 72.4 Å². The fourth-order valence-corrected chi connectivity index (χ4v) is 4.69. The number of thiazole rings is 1. The molecule has 2 unspecified atom stereocenters. The molecule has 3 heterocycles. The third-order valence-electron chi connectivity index (χ3n) is 5.43. The Labute approximate surface area is 199 Å². The Morgan fingerprint density at radius 3 is 3.03 bits per heavy atom. The second-order valence-corrected chi connectivity index (χ2v) is 8.80. The number of carbonyl (C=O) groups excluding carboxylic acids is 1. The predicted molar refractivity (Wildman–Crippen MR) is 123 cm³/mol. The van der Waals surface area contributed by atoms with E-state index in [-0.39, 0.29) is 29.9 Å². The molecule has 176 valence electrons. The van der Waals surface area contributed by atoms with Crippen molar-refractivity contribution in [2.45, 2.75) is 19.0 Å². The summed E-state index contributed by atoms with van der Waals surface area (Å²) in [7, 11) is 0. The third-order valence-corrected chi connectivity index (χ3v) is 6.54. The van der Waals surface area contributed by atoms with Crippen molar-refractivity contribution in [2.75, 3.05) is 39.5 Å². The molecule has 2 N–H and O–H groups in total. The van der Waals surface area contributed by atoms with Crippen LogP contribution in [-0.2, 0) is 14.3 Å². The number of halogens is 2. The number of aliphatic imine (C=N–C) groups is 1. The number of nitrogens with one attached hydrogen (secondary N) is 1. The van der Waals surface area contributed by atoms with E-state index in [0.717, 1.165) is 0 Å². The summed E-state index contributed by atoms with van der Waals surface area (Å²) in [6, 6.07) is 2.98. The standard InChI is InChI=1S/C22H24ClFN4O4S/c1-2-32-22(30)18-17(10-28-6-7-31-12-14(28)11-29)26-20(21-25-5-8-33-21)27-19(18)15-4-3-13(24)9-16(15)23/h3-5,8-9,14,19,29H,2,6-7,10-12H2,1H3,(H,26,27). The first kappa shape index (κ1) is 23.8. The lowest BCUT2D eigenvalue weighted by atomic mass is 9.95. The molecule has 1 aromatic heterocycles. The third kappa shape index (κ3) is 5.25. The van der Waals surface area contributed by atoms with Gasteiger partial charge in [-0.2, -0.15) is 0 Å². The zero-order valence-electron chi connectivity index (χ0n) is 18.0. The van der Waals surface area contributed by atoms with Crippen molar-refractivity contribution in [1.82, 2.24) is 15.2 Å². The minimum Gasteiger partial charge on any atom is -0.463 e. The molecule has 2 atom stereocenters. The summed E-state index contributed by atoms with van der Waals surface area (Å²) in [5.74, 6) is -0.545. The van der Waals surface area contributed by atoms with Gasteiger partial charge in [0, 0.05) is 40.9 Å². The maximum Gasteiger partial charge on any atom is 0.338 e. The summed E-state index contributed by atoms with van der Waals surface area (Å²) >= 11 is 7.79. The summed E-state index contributed by atoms with van der Waals surface area (Å²) in [4.78, 5) is 24.3. The van der Waals surface area contributed by atoms with Crippen LogP contribution in [0.4, 0.5) is 4.39 Å². The molecule has 2 aliphatic heterocycles. The van der Waals surface area contributed by atoms with Gasteiger partial charge in [-0.3, -0.25) is 9.89 Å². The number of rotatable bonds is 7. The van der Waals surface area contributed by atoms with Crippen molar-refractivity contribution in [3.8, 4) is 0 Å². The summed E-state index contributed by atoms with van der Waals surface area (Å²) < 4.78 is 24.6. The Morgan fingerprint density at radius 2 is 2.33 bits per heavy atom. The Morgan fingerprint density at radius 1 is 1.48 bits per heavy atom. The second-order valence-electron chi connectivity index (χ2n) is 7.50. The van der Waals surface area contributed by atoms with Crippen LogP contribution in [0.2, 0.25) is 5.02 Å². The van der Waals surface area contributed by atoms with Gasteiger partial charge in [-0.05, 0) is 19.1 Å². The average Bonchev–Trinajstić information content (AvgIpc) is 3.34. The molecule has 1 saturated heterocycles. The second kappa shape index (κ2) is 10.7. The van der Waals surface area contributed by atoms with Crippen LogP contribution in [0.5, 0.6) is 0 Å². The van der Waals surface area contributed by atoms with Crippen LogP contribution in [0.3, 0.4) is 0 Å². The van der Waals surface area contributed by atoms with Gasteiger partial charge >= 0.3 is 5.97 Å². The van der Waals surface area contributed by atoms with E-state index < -0.39 is 17.8 Å². The zero-order chi connectivity index (χ0) is 23.4. The number of hydrogen-bond acceptors (Lipinski definition) is 9. The van der Waals surface area contributed by atoms with Crippen molar-refractivity contribution in [2.24, 2.45) is 4.99 Å². The van der Waals surface area contributed by atoms with Crippen LogP contribution in [0.1, 0.15) is 23.5 Å². The highest BCUT2D eigenvalue weighted by molar-refractivity contribution is 7.11. The topological polar surface area (TPSA) is 96.3 Å². The minimum atomic E-state index is -0.819. The molecule has 0 radical (unpaired) electrons. The summed E-state index contributed by atoms with van der Waals surface area (Å²) in [5, 5.41) is 15.7. The van der Waals surface area contributed by atoms with Gasteiger partial charge in [-0.15, -0.1) is 11.3 Å². The number of benzene rings is 1. The van der Waals surface area contributed by atoms with Gasteiger partial charge < -0.3 is 19.9 Å². The summed E-state index contributed by atoms with van der Waals surface area (Å²) in [6.45, 7) is 3.63. The first-order valence-electron chi connectivity index (χ1n) is 10.5. The number of hydrogen-bond donors (Lipinski definition) is 2. The van der Waals surface area contributed by atoms with Crippen LogP contribution in [0, 0.1) is 5.82 Å². The Balaban J connectivity index is 1.82. The quantitative estimate of drug-likeness (QED) is 0.571. The molecule has 4 rings (SSSR count). The van der Waals surface area contributed by atoms with Gasteiger partial charge in [0.25, 0.3) is 0 Å². The van der Waals surface area contributed by atoms with Crippen molar-refractivity contribution >= 4 is 34.7 Å². The fourth-order valence-electron chi connectivity index (χ4n) is 3.84. The normalized spacial score (nSPS) is 21.5. The van der Waals surface area contributed by atoms with Gasteiger partial charge in [-0.1, -0.05) is 17.7 Å². The van der Waals surface area contributed by atoms with E-state index in [1.807, 2.05) is 10.3 Å². The monoisotopic (exact) mass is 494 g/mol. The number of amidine groups is 1. The maximum atomic E-state index is 13.8. The lowest BCUT2D eigenvalue weighted by Crippen LogP contribution is -2.50.